The number of carbonyl (C=O) groups is 1. The lowest BCUT2D eigenvalue weighted by Gasteiger charge is -2.13. The van der Waals surface area contributed by atoms with Gasteiger partial charge >= 0.3 is 5.97 Å². The molecule has 3 rings (SSSR count). The highest BCUT2D eigenvalue weighted by molar-refractivity contribution is 5.72. The molecule has 0 saturated heterocycles. The summed E-state index contributed by atoms with van der Waals surface area (Å²) in [5, 5.41) is 9.14. The fourth-order valence-electron chi connectivity index (χ4n) is 2.87. The van der Waals surface area contributed by atoms with Gasteiger partial charge in [0.1, 0.15) is 35.4 Å². The summed E-state index contributed by atoms with van der Waals surface area (Å²) in [6, 6.07) is 10.3. The lowest BCUT2D eigenvalue weighted by molar-refractivity contribution is -0.150. The van der Waals surface area contributed by atoms with Gasteiger partial charge in [-0.3, -0.25) is 0 Å². The molecule has 0 aliphatic rings. The molecule has 1 N–H and O–H groups in total. The van der Waals surface area contributed by atoms with Crippen LogP contribution in [0.2, 0.25) is 0 Å². The van der Waals surface area contributed by atoms with E-state index in [0.29, 0.717) is 11.5 Å². The summed E-state index contributed by atoms with van der Waals surface area (Å²) in [5.74, 6) is -1.34. The van der Waals surface area contributed by atoms with Crippen molar-refractivity contribution in [2.24, 2.45) is 0 Å². The molecule has 0 bridgehead atoms. The van der Waals surface area contributed by atoms with E-state index in [-0.39, 0.29) is 42.4 Å². The molecule has 158 valence electrons. The second-order valence-electron chi connectivity index (χ2n) is 6.53. The van der Waals surface area contributed by atoms with E-state index < -0.39 is 23.7 Å². The van der Waals surface area contributed by atoms with Crippen LogP contribution in [0.15, 0.2) is 46.9 Å². The fraction of sp³-hybridized carbons (Fsp3) is 0.273. The maximum atomic E-state index is 14.4. The quantitative estimate of drug-likeness (QED) is 0.551. The van der Waals surface area contributed by atoms with E-state index in [1.54, 1.807) is 32.0 Å². The van der Waals surface area contributed by atoms with E-state index in [4.69, 9.17) is 19.0 Å². The largest absolute Gasteiger partial charge is 0.487 e. The van der Waals surface area contributed by atoms with Gasteiger partial charge in [-0.25, -0.2) is 18.6 Å². The van der Waals surface area contributed by atoms with E-state index in [2.05, 4.69) is 4.98 Å². The molecule has 1 aromatic heterocycles. The summed E-state index contributed by atoms with van der Waals surface area (Å²) in [4.78, 5) is 15.4. The number of carboxylic acids is 1. The highest BCUT2D eigenvalue weighted by Gasteiger charge is 2.20. The second kappa shape index (κ2) is 9.49. The average molecular weight is 417 g/mol. The molecule has 6 nitrogen and oxygen atoms in total. The number of oxazole rings is 1. The number of hydrogen-bond acceptors (Lipinski definition) is 5. The number of halogens is 2. The van der Waals surface area contributed by atoms with E-state index >= 15 is 0 Å². The van der Waals surface area contributed by atoms with Crippen molar-refractivity contribution in [3.05, 3.63) is 71.1 Å². The normalized spacial score (nSPS) is 12.0. The molecule has 0 unspecified atom stereocenters. The zero-order valence-electron chi connectivity index (χ0n) is 16.5. The van der Waals surface area contributed by atoms with Crippen LogP contribution in [0.4, 0.5) is 8.78 Å². The zero-order valence-corrected chi connectivity index (χ0v) is 16.5. The Hall–Kier alpha value is -3.26. The van der Waals surface area contributed by atoms with Crippen LogP contribution >= 0.6 is 0 Å². The number of aromatic nitrogens is 1. The minimum atomic E-state index is -1.15. The molecule has 0 amide bonds. The monoisotopic (exact) mass is 417 g/mol. The Labute approximate surface area is 172 Å². The molecule has 0 fully saturated rings. The lowest BCUT2D eigenvalue weighted by atomic mass is 10.1. The summed E-state index contributed by atoms with van der Waals surface area (Å²) in [5.41, 5.74) is 0.909. The fourth-order valence-corrected chi connectivity index (χ4v) is 2.87. The third-order valence-corrected chi connectivity index (χ3v) is 4.45. The van der Waals surface area contributed by atoms with Crippen molar-refractivity contribution in [3.63, 3.8) is 0 Å². The van der Waals surface area contributed by atoms with Gasteiger partial charge in [0.05, 0.1) is 5.56 Å². The van der Waals surface area contributed by atoms with Crippen LogP contribution in [0.25, 0.3) is 11.5 Å². The van der Waals surface area contributed by atoms with Crippen molar-refractivity contribution >= 4 is 5.97 Å². The van der Waals surface area contributed by atoms with Crippen molar-refractivity contribution < 1.29 is 32.6 Å². The predicted molar refractivity (Wildman–Crippen MR) is 104 cm³/mol. The Kier molecular flexibility index (Phi) is 6.79. The van der Waals surface area contributed by atoms with Gasteiger partial charge in [-0.1, -0.05) is 18.2 Å². The molecule has 8 heteroatoms. The lowest BCUT2D eigenvalue weighted by Crippen LogP contribution is -2.26. The van der Waals surface area contributed by atoms with E-state index in [9.17, 15) is 13.6 Å². The van der Waals surface area contributed by atoms with Crippen LogP contribution in [0, 0.1) is 18.6 Å². The second-order valence-corrected chi connectivity index (χ2v) is 6.53. The summed E-state index contributed by atoms with van der Waals surface area (Å²) in [6.45, 7) is 3.57. The van der Waals surface area contributed by atoms with Gasteiger partial charge < -0.3 is 19.0 Å². The van der Waals surface area contributed by atoms with Gasteiger partial charge in [0, 0.05) is 19.1 Å². The van der Waals surface area contributed by atoms with Crippen molar-refractivity contribution in [3.8, 4) is 17.2 Å². The molecular weight excluding hydrogens is 396 g/mol. The molecule has 1 heterocycles. The van der Waals surface area contributed by atoms with Gasteiger partial charge in [0.15, 0.2) is 6.10 Å². The molecule has 3 aromatic rings. The van der Waals surface area contributed by atoms with Crippen molar-refractivity contribution in [2.45, 2.75) is 33.0 Å². The van der Waals surface area contributed by atoms with Crippen LogP contribution in [0.1, 0.15) is 23.9 Å². The molecule has 0 saturated carbocycles. The molecule has 30 heavy (non-hydrogen) atoms. The number of hydrogen-bond donors (Lipinski definition) is 1. The number of ether oxygens (including phenoxy) is 2. The molecule has 0 spiro atoms. The number of aliphatic carboxylic acids is 1. The Morgan fingerprint density at radius 1 is 1.20 bits per heavy atom. The Balaban J connectivity index is 1.69. The molecule has 2 aromatic carbocycles. The summed E-state index contributed by atoms with van der Waals surface area (Å²) >= 11 is 0. The van der Waals surface area contributed by atoms with Crippen molar-refractivity contribution in [2.75, 3.05) is 6.61 Å². The van der Waals surface area contributed by atoms with Gasteiger partial charge in [0.25, 0.3) is 0 Å². The summed E-state index contributed by atoms with van der Waals surface area (Å²) in [7, 11) is 0. The van der Waals surface area contributed by atoms with Crippen LogP contribution in [-0.4, -0.2) is 28.8 Å². The van der Waals surface area contributed by atoms with E-state index in [0.717, 1.165) is 0 Å². The third-order valence-electron chi connectivity index (χ3n) is 4.45. The predicted octanol–water partition coefficient (Wildman–Crippen LogP) is 4.54. The first kappa shape index (κ1) is 21.4. The SMILES string of the molecule is CCO[C@@H](Cc1ccc(OCc2nc(-c3ccccc3F)oc2C)cc1F)C(=O)O. The van der Waals surface area contributed by atoms with Gasteiger partial charge in [-0.05, 0) is 37.6 Å². The highest BCUT2D eigenvalue weighted by atomic mass is 19.1. The molecular formula is C22H21F2NO5. The van der Waals surface area contributed by atoms with E-state index in [1.807, 2.05) is 0 Å². The topological polar surface area (TPSA) is 81.8 Å². The third kappa shape index (κ3) is 5.01. The molecule has 0 aliphatic heterocycles. The number of carboxylic acid groups (broad SMARTS) is 1. The average Bonchev–Trinajstić information content (AvgIpc) is 3.08. The van der Waals surface area contributed by atoms with Crippen LogP contribution < -0.4 is 4.74 Å². The van der Waals surface area contributed by atoms with Crippen molar-refractivity contribution in [1.29, 1.82) is 0 Å². The maximum absolute atomic E-state index is 14.4. The molecule has 0 radical (unpaired) electrons. The van der Waals surface area contributed by atoms with Crippen LogP contribution in [0.5, 0.6) is 5.75 Å². The summed E-state index contributed by atoms with van der Waals surface area (Å²) in [6.07, 6.45) is -1.21. The standard InChI is InChI=1S/C22H21F2NO5/c1-3-28-20(22(26)27)10-14-8-9-15(11-18(14)24)29-12-19-13(2)30-21(25-19)16-6-4-5-7-17(16)23/h4-9,11,20H,3,10,12H2,1-2H3,(H,26,27)/t20-/m0/s1. The molecule has 0 aliphatic carbocycles. The Bertz CT molecular complexity index is 1030. The Morgan fingerprint density at radius 2 is 1.97 bits per heavy atom. The summed E-state index contributed by atoms with van der Waals surface area (Å²) < 4.78 is 44.5. The van der Waals surface area contributed by atoms with E-state index in [1.165, 1.54) is 24.3 Å². The smallest absolute Gasteiger partial charge is 0.333 e. The highest BCUT2D eigenvalue weighted by Crippen LogP contribution is 2.25. The number of rotatable bonds is 9. The maximum Gasteiger partial charge on any atom is 0.333 e. The first-order valence-electron chi connectivity index (χ1n) is 9.35. The number of aryl methyl sites for hydroxylation is 1. The van der Waals surface area contributed by atoms with Crippen molar-refractivity contribution in [1.82, 2.24) is 4.98 Å². The number of nitrogens with zero attached hydrogens (tertiary/aromatic N) is 1. The molecule has 1 atom stereocenters. The van der Waals surface area contributed by atoms with Gasteiger partial charge in [0.2, 0.25) is 5.89 Å². The van der Waals surface area contributed by atoms with Crippen LogP contribution in [-0.2, 0) is 22.6 Å². The number of benzene rings is 2. The minimum Gasteiger partial charge on any atom is -0.487 e. The Morgan fingerprint density at radius 3 is 2.63 bits per heavy atom. The zero-order chi connectivity index (χ0) is 21.7. The van der Waals surface area contributed by atoms with Crippen LogP contribution in [0.3, 0.4) is 0 Å². The van der Waals surface area contributed by atoms with Gasteiger partial charge in [-0.2, -0.15) is 0 Å². The first-order valence-corrected chi connectivity index (χ1v) is 9.35. The minimum absolute atomic E-state index is 0.000725. The van der Waals surface area contributed by atoms with Gasteiger partial charge in [-0.15, -0.1) is 0 Å². The first-order chi connectivity index (χ1) is 14.4.